The van der Waals surface area contributed by atoms with Crippen LogP contribution >= 0.6 is 0 Å². The number of hydrogen-bond acceptors (Lipinski definition) is 4. The maximum absolute atomic E-state index is 12.1. The van der Waals surface area contributed by atoms with Crippen LogP contribution in [0, 0.1) is 0 Å². The van der Waals surface area contributed by atoms with E-state index in [0.717, 1.165) is 5.69 Å². The first-order chi connectivity index (χ1) is 10.0. The van der Waals surface area contributed by atoms with Gasteiger partial charge in [0.05, 0.1) is 17.8 Å². The van der Waals surface area contributed by atoms with Crippen LogP contribution in [0.4, 0.5) is 0 Å². The lowest BCUT2D eigenvalue weighted by Crippen LogP contribution is -2.35. The summed E-state index contributed by atoms with van der Waals surface area (Å²) >= 11 is 0. The molecule has 2 heterocycles. The summed E-state index contributed by atoms with van der Waals surface area (Å²) in [7, 11) is -2.98. The van der Waals surface area contributed by atoms with Gasteiger partial charge in [-0.25, -0.2) is 13.4 Å². The number of aromatic nitrogens is 2. The van der Waals surface area contributed by atoms with E-state index in [1.165, 1.54) is 0 Å². The van der Waals surface area contributed by atoms with E-state index < -0.39 is 9.84 Å². The van der Waals surface area contributed by atoms with Gasteiger partial charge in [-0.15, -0.1) is 0 Å². The van der Waals surface area contributed by atoms with E-state index in [4.69, 9.17) is 0 Å². The fourth-order valence-corrected chi connectivity index (χ4v) is 4.05. The van der Waals surface area contributed by atoms with Crippen LogP contribution in [0.25, 0.3) is 5.69 Å². The van der Waals surface area contributed by atoms with Crippen molar-refractivity contribution in [1.29, 1.82) is 0 Å². The number of sulfone groups is 1. The van der Waals surface area contributed by atoms with Gasteiger partial charge in [0.25, 0.3) is 5.91 Å². The zero-order chi connectivity index (χ0) is 14.9. The van der Waals surface area contributed by atoms with Gasteiger partial charge in [-0.1, -0.05) is 0 Å². The molecule has 0 radical (unpaired) electrons. The molecular weight excluding hydrogens is 290 g/mol. The molecule has 1 unspecified atom stereocenters. The van der Waals surface area contributed by atoms with Gasteiger partial charge in [0.15, 0.2) is 9.84 Å². The first kappa shape index (κ1) is 13.8. The van der Waals surface area contributed by atoms with E-state index >= 15 is 0 Å². The van der Waals surface area contributed by atoms with Gasteiger partial charge in [0, 0.05) is 29.7 Å². The number of nitrogens with zero attached hydrogens (tertiary/aromatic N) is 2. The minimum atomic E-state index is -2.98. The molecule has 1 fully saturated rings. The van der Waals surface area contributed by atoms with Crippen LogP contribution in [0.1, 0.15) is 16.8 Å². The van der Waals surface area contributed by atoms with Crippen LogP contribution in [0.15, 0.2) is 43.0 Å². The summed E-state index contributed by atoms with van der Waals surface area (Å²) in [4.78, 5) is 16.0. The molecule has 1 aromatic heterocycles. The molecule has 0 spiro atoms. The molecular formula is C14H15N3O3S. The minimum Gasteiger partial charge on any atom is -0.348 e. The second kappa shape index (κ2) is 5.33. The molecule has 1 atom stereocenters. The van der Waals surface area contributed by atoms with Crippen LogP contribution < -0.4 is 5.32 Å². The monoisotopic (exact) mass is 305 g/mol. The molecule has 0 bridgehead atoms. The topological polar surface area (TPSA) is 81.1 Å². The molecule has 1 aliphatic rings. The Morgan fingerprint density at radius 3 is 2.62 bits per heavy atom. The summed E-state index contributed by atoms with van der Waals surface area (Å²) in [6.45, 7) is 0. The standard InChI is InChI=1S/C14H15N3O3S/c18-14(16-12-5-8-21(19,20)9-12)11-1-3-13(4-2-11)17-7-6-15-10-17/h1-4,6-7,10,12H,5,8-9H2,(H,16,18). The molecule has 1 aliphatic heterocycles. The Labute approximate surface area is 122 Å². The van der Waals surface area contributed by atoms with Gasteiger partial charge in [0.1, 0.15) is 0 Å². The third-order valence-electron chi connectivity index (χ3n) is 3.50. The molecule has 0 aliphatic carbocycles. The highest BCUT2D eigenvalue weighted by Crippen LogP contribution is 2.13. The SMILES string of the molecule is O=C(NC1CCS(=O)(=O)C1)c1ccc(-n2ccnc2)cc1. The fourth-order valence-electron chi connectivity index (χ4n) is 2.37. The predicted molar refractivity (Wildman–Crippen MR) is 78.1 cm³/mol. The van der Waals surface area contributed by atoms with Crippen molar-refractivity contribution < 1.29 is 13.2 Å². The number of rotatable bonds is 3. The van der Waals surface area contributed by atoms with Crippen molar-refractivity contribution >= 4 is 15.7 Å². The second-order valence-electron chi connectivity index (χ2n) is 5.09. The van der Waals surface area contributed by atoms with Crippen LogP contribution in [-0.2, 0) is 9.84 Å². The smallest absolute Gasteiger partial charge is 0.251 e. The Morgan fingerprint density at radius 1 is 1.29 bits per heavy atom. The van der Waals surface area contributed by atoms with Crippen molar-refractivity contribution in [3.8, 4) is 5.69 Å². The predicted octanol–water partition coefficient (Wildman–Crippen LogP) is 0.789. The van der Waals surface area contributed by atoms with Gasteiger partial charge < -0.3 is 9.88 Å². The third-order valence-corrected chi connectivity index (χ3v) is 5.27. The van der Waals surface area contributed by atoms with Crippen molar-refractivity contribution in [1.82, 2.24) is 14.9 Å². The molecule has 1 saturated heterocycles. The summed E-state index contributed by atoms with van der Waals surface area (Å²) in [6.07, 6.45) is 5.67. The fraction of sp³-hybridized carbons (Fsp3) is 0.286. The highest BCUT2D eigenvalue weighted by atomic mass is 32.2. The average molecular weight is 305 g/mol. The molecule has 1 N–H and O–H groups in total. The summed E-state index contributed by atoms with van der Waals surface area (Å²) in [6, 6.07) is 6.79. The molecule has 110 valence electrons. The molecule has 21 heavy (non-hydrogen) atoms. The number of hydrogen-bond donors (Lipinski definition) is 1. The Bertz CT molecular complexity index is 736. The first-order valence-corrected chi connectivity index (χ1v) is 8.45. The highest BCUT2D eigenvalue weighted by molar-refractivity contribution is 7.91. The number of amides is 1. The Hall–Kier alpha value is -2.15. The normalized spacial score (nSPS) is 20.3. The largest absolute Gasteiger partial charge is 0.348 e. The van der Waals surface area contributed by atoms with E-state index in [1.807, 2.05) is 22.9 Å². The van der Waals surface area contributed by atoms with Gasteiger partial charge in [-0.2, -0.15) is 0 Å². The maximum Gasteiger partial charge on any atom is 0.251 e. The average Bonchev–Trinajstić information content (AvgIpc) is 3.09. The van der Waals surface area contributed by atoms with Crippen LogP contribution in [0.3, 0.4) is 0 Å². The molecule has 6 nitrogen and oxygen atoms in total. The van der Waals surface area contributed by atoms with Crippen LogP contribution in [0.2, 0.25) is 0 Å². The molecule has 7 heteroatoms. The van der Waals surface area contributed by atoms with Crippen molar-refractivity contribution in [2.45, 2.75) is 12.5 Å². The van der Waals surface area contributed by atoms with Gasteiger partial charge in [0.2, 0.25) is 0 Å². The molecule has 2 aromatic rings. The Balaban J connectivity index is 1.68. The van der Waals surface area contributed by atoms with E-state index in [1.54, 1.807) is 24.7 Å². The Morgan fingerprint density at radius 2 is 2.05 bits per heavy atom. The van der Waals surface area contributed by atoms with Crippen LogP contribution in [0.5, 0.6) is 0 Å². The van der Waals surface area contributed by atoms with Gasteiger partial charge in [-0.3, -0.25) is 4.79 Å². The highest BCUT2D eigenvalue weighted by Gasteiger charge is 2.29. The number of imidazole rings is 1. The summed E-state index contributed by atoms with van der Waals surface area (Å²) in [5, 5.41) is 2.77. The van der Waals surface area contributed by atoms with Crippen molar-refractivity contribution in [3.63, 3.8) is 0 Å². The van der Waals surface area contributed by atoms with E-state index in [2.05, 4.69) is 10.3 Å². The van der Waals surface area contributed by atoms with E-state index in [9.17, 15) is 13.2 Å². The second-order valence-corrected chi connectivity index (χ2v) is 7.32. The summed E-state index contributed by atoms with van der Waals surface area (Å²) < 4.78 is 24.6. The zero-order valence-electron chi connectivity index (χ0n) is 11.3. The lowest BCUT2D eigenvalue weighted by molar-refractivity contribution is 0.0941. The van der Waals surface area contributed by atoms with Crippen LogP contribution in [-0.4, -0.2) is 41.4 Å². The molecule has 0 saturated carbocycles. The molecule has 1 aromatic carbocycles. The van der Waals surface area contributed by atoms with Gasteiger partial charge >= 0.3 is 0 Å². The minimum absolute atomic E-state index is 0.0336. The Kier molecular flexibility index (Phi) is 3.50. The van der Waals surface area contributed by atoms with E-state index in [0.29, 0.717) is 12.0 Å². The number of benzene rings is 1. The number of carbonyl (C=O) groups excluding carboxylic acids is 1. The van der Waals surface area contributed by atoms with E-state index in [-0.39, 0.29) is 23.5 Å². The lowest BCUT2D eigenvalue weighted by Gasteiger charge is -2.11. The van der Waals surface area contributed by atoms with Crippen molar-refractivity contribution in [2.75, 3.05) is 11.5 Å². The third kappa shape index (κ3) is 3.13. The summed E-state index contributed by atoms with van der Waals surface area (Å²) in [5.41, 5.74) is 1.43. The quantitative estimate of drug-likeness (QED) is 0.909. The van der Waals surface area contributed by atoms with Crippen molar-refractivity contribution in [3.05, 3.63) is 48.5 Å². The first-order valence-electron chi connectivity index (χ1n) is 6.63. The number of carbonyl (C=O) groups is 1. The summed E-state index contributed by atoms with van der Waals surface area (Å²) in [5.74, 6) is -0.0575. The zero-order valence-corrected chi connectivity index (χ0v) is 12.1. The maximum atomic E-state index is 12.1. The molecule has 3 rings (SSSR count). The van der Waals surface area contributed by atoms with Gasteiger partial charge in [-0.05, 0) is 30.7 Å². The number of nitrogens with one attached hydrogen (secondary N) is 1. The molecule has 1 amide bonds. The lowest BCUT2D eigenvalue weighted by atomic mass is 10.1. The van der Waals surface area contributed by atoms with Crippen molar-refractivity contribution in [2.24, 2.45) is 0 Å².